The minimum absolute atomic E-state index is 0.00825. The van der Waals surface area contributed by atoms with Crippen LogP contribution in [0.3, 0.4) is 0 Å². The summed E-state index contributed by atoms with van der Waals surface area (Å²) >= 11 is 6.15. The molecule has 3 aromatic rings. The molecule has 0 fully saturated rings. The standard InChI is InChI=1S/C20H21ClN4O/c1-14-23-19(25-24-14)10-11-22-20(26)13-18(15-6-3-2-4-7-15)16-8-5-9-17(21)12-16/h2-9,12,18H,10-11,13H2,1H3,(H,22,26)(H,23,24,25)/t18-/m0/s1. The lowest BCUT2D eigenvalue weighted by atomic mass is 9.88. The summed E-state index contributed by atoms with van der Waals surface area (Å²) in [6.07, 6.45) is 0.959. The van der Waals surface area contributed by atoms with Crippen molar-refractivity contribution >= 4 is 17.5 Å². The molecule has 0 aliphatic heterocycles. The lowest BCUT2D eigenvalue weighted by Gasteiger charge is -2.18. The first-order valence-corrected chi connectivity index (χ1v) is 8.94. The van der Waals surface area contributed by atoms with Crippen molar-refractivity contribution in [1.82, 2.24) is 20.5 Å². The van der Waals surface area contributed by atoms with Gasteiger partial charge in [0.05, 0.1) is 0 Å². The Balaban J connectivity index is 1.66. The van der Waals surface area contributed by atoms with Crippen molar-refractivity contribution in [1.29, 1.82) is 0 Å². The van der Waals surface area contributed by atoms with Crippen LogP contribution in [0.1, 0.15) is 35.1 Å². The maximum absolute atomic E-state index is 12.5. The lowest BCUT2D eigenvalue weighted by Crippen LogP contribution is -2.27. The van der Waals surface area contributed by atoms with Gasteiger partial charge in [0.25, 0.3) is 0 Å². The Morgan fingerprint density at radius 2 is 1.92 bits per heavy atom. The van der Waals surface area contributed by atoms with E-state index in [0.29, 0.717) is 30.2 Å². The minimum Gasteiger partial charge on any atom is -0.356 e. The van der Waals surface area contributed by atoms with Gasteiger partial charge in [0.1, 0.15) is 5.82 Å². The number of hydrogen-bond donors (Lipinski definition) is 2. The first kappa shape index (κ1) is 18.1. The van der Waals surface area contributed by atoms with E-state index in [1.165, 1.54) is 0 Å². The van der Waals surface area contributed by atoms with E-state index in [2.05, 4.69) is 20.5 Å². The lowest BCUT2D eigenvalue weighted by molar-refractivity contribution is -0.121. The van der Waals surface area contributed by atoms with Crippen molar-refractivity contribution in [2.45, 2.75) is 25.7 Å². The SMILES string of the molecule is Cc1nc(CCNC(=O)C[C@@H](c2ccccc2)c2cccc(Cl)c2)n[nH]1. The fraction of sp³-hybridized carbons (Fsp3) is 0.250. The quantitative estimate of drug-likeness (QED) is 0.668. The van der Waals surface area contributed by atoms with Gasteiger partial charge in [-0.1, -0.05) is 54.1 Å². The Hall–Kier alpha value is -2.66. The van der Waals surface area contributed by atoms with Crippen LogP contribution < -0.4 is 5.32 Å². The van der Waals surface area contributed by atoms with Gasteiger partial charge in [-0.25, -0.2) is 4.98 Å². The van der Waals surface area contributed by atoms with E-state index >= 15 is 0 Å². The Kier molecular flexibility index (Phi) is 6.02. The molecule has 0 saturated carbocycles. The molecule has 2 aromatic carbocycles. The normalized spacial score (nSPS) is 11.9. The highest BCUT2D eigenvalue weighted by Crippen LogP contribution is 2.29. The predicted octanol–water partition coefficient (Wildman–Crippen LogP) is 3.65. The molecule has 0 aliphatic carbocycles. The number of hydrogen-bond acceptors (Lipinski definition) is 3. The Morgan fingerprint density at radius 3 is 2.62 bits per heavy atom. The average molecular weight is 369 g/mol. The molecule has 3 rings (SSSR count). The zero-order chi connectivity index (χ0) is 18.4. The van der Waals surface area contributed by atoms with Crippen molar-refractivity contribution in [3.05, 3.63) is 82.4 Å². The molecular weight excluding hydrogens is 348 g/mol. The number of carbonyl (C=O) groups is 1. The molecule has 0 aliphatic rings. The van der Waals surface area contributed by atoms with Crippen LogP contribution in [0.25, 0.3) is 0 Å². The Bertz CT molecular complexity index is 863. The van der Waals surface area contributed by atoms with Crippen LogP contribution in [0.5, 0.6) is 0 Å². The molecule has 0 bridgehead atoms. The highest BCUT2D eigenvalue weighted by atomic mass is 35.5. The van der Waals surface area contributed by atoms with E-state index in [1.807, 2.05) is 61.5 Å². The molecule has 0 spiro atoms. The van der Waals surface area contributed by atoms with Gasteiger partial charge in [-0.05, 0) is 30.2 Å². The molecule has 134 valence electrons. The molecule has 0 radical (unpaired) electrons. The molecule has 26 heavy (non-hydrogen) atoms. The second-order valence-corrected chi connectivity index (χ2v) is 6.60. The van der Waals surface area contributed by atoms with Crippen LogP contribution in [-0.2, 0) is 11.2 Å². The predicted molar refractivity (Wildman–Crippen MR) is 102 cm³/mol. The minimum atomic E-state index is -0.0411. The molecule has 0 saturated heterocycles. The van der Waals surface area contributed by atoms with E-state index < -0.39 is 0 Å². The summed E-state index contributed by atoms with van der Waals surface area (Å²) in [7, 11) is 0. The van der Waals surface area contributed by atoms with Gasteiger partial charge < -0.3 is 5.32 Å². The topological polar surface area (TPSA) is 70.7 Å². The molecule has 1 heterocycles. The van der Waals surface area contributed by atoms with Crippen molar-refractivity contribution < 1.29 is 4.79 Å². The second kappa shape index (κ2) is 8.63. The van der Waals surface area contributed by atoms with Gasteiger partial charge in [0, 0.05) is 30.3 Å². The summed E-state index contributed by atoms with van der Waals surface area (Å²) in [5.74, 6) is 1.43. The first-order chi connectivity index (χ1) is 12.6. The molecule has 1 atom stereocenters. The van der Waals surface area contributed by atoms with Gasteiger partial charge in [0.2, 0.25) is 5.91 Å². The maximum Gasteiger partial charge on any atom is 0.220 e. The van der Waals surface area contributed by atoms with E-state index in [0.717, 1.165) is 17.0 Å². The summed E-state index contributed by atoms with van der Waals surface area (Å²) in [5.41, 5.74) is 2.12. The molecule has 1 amide bonds. The highest BCUT2D eigenvalue weighted by molar-refractivity contribution is 6.30. The van der Waals surface area contributed by atoms with E-state index in [4.69, 9.17) is 11.6 Å². The number of nitrogens with zero attached hydrogens (tertiary/aromatic N) is 2. The smallest absolute Gasteiger partial charge is 0.220 e. The maximum atomic E-state index is 12.5. The van der Waals surface area contributed by atoms with Gasteiger partial charge in [-0.3, -0.25) is 9.89 Å². The Morgan fingerprint density at radius 1 is 1.15 bits per heavy atom. The summed E-state index contributed by atoms with van der Waals surface area (Å²) < 4.78 is 0. The van der Waals surface area contributed by atoms with Crippen molar-refractivity contribution in [2.24, 2.45) is 0 Å². The number of halogens is 1. The summed E-state index contributed by atoms with van der Waals surface area (Å²) in [6.45, 7) is 2.36. The van der Waals surface area contributed by atoms with Gasteiger partial charge in [-0.2, -0.15) is 5.10 Å². The average Bonchev–Trinajstić information content (AvgIpc) is 3.05. The van der Waals surface area contributed by atoms with Crippen molar-refractivity contribution in [3.8, 4) is 0 Å². The van der Waals surface area contributed by atoms with E-state index in [9.17, 15) is 4.79 Å². The third-order valence-electron chi connectivity index (χ3n) is 4.16. The largest absolute Gasteiger partial charge is 0.356 e. The monoisotopic (exact) mass is 368 g/mol. The number of aromatic amines is 1. The van der Waals surface area contributed by atoms with Gasteiger partial charge in [-0.15, -0.1) is 0 Å². The number of benzene rings is 2. The van der Waals surface area contributed by atoms with Crippen LogP contribution >= 0.6 is 11.6 Å². The first-order valence-electron chi connectivity index (χ1n) is 8.57. The van der Waals surface area contributed by atoms with Crippen LogP contribution in [0, 0.1) is 6.92 Å². The molecular formula is C20H21ClN4O. The van der Waals surface area contributed by atoms with Crippen LogP contribution in [0.2, 0.25) is 5.02 Å². The number of aryl methyl sites for hydroxylation is 1. The fourth-order valence-electron chi connectivity index (χ4n) is 2.91. The van der Waals surface area contributed by atoms with Crippen LogP contribution in [0.4, 0.5) is 0 Å². The van der Waals surface area contributed by atoms with Crippen LogP contribution in [-0.4, -0.2) is 27.6 Å². The Labute approximate surface area is 157 Å². The third kappa shape index (κ3) is 4.92. The molecule has 6 heteroatoms. The number of rotatable bonds is 7. The molecule has 1 aromatic heterocycles. The molecule has 2 N–H and O–H groups in total. The van der Waals surface area contributed by atoms with Gasteiger partial charge in [0.15, 0.2) is 5.82 Å². The number of carbonyl (C=O) groups excluding carboxylic acids is 1. The molecule has 5 nitrogen and oxygen atoms in total. The second-order valence-electron chi connectivity index (χ2n) is 6.16. The number of aromatic nitrogens is 3. The fourth-order valence-corrected chi connectivity index (χ4v) is 3.11. The van der Waals surface area contributed by atoms with Crippen molar-refractivity contribution in [2.75, 3.05) is 6.54 Å². The van der Waals surface area contributed by atoms with E-state index in [-0.39, 0.29) is 11.8 Å². The third-order valence-corrected chi connectivity index (χ3v) is 4.39. The van der Waals surface area contributed by atoms with Gasteiger partial charge >= 0.3 is 0 Å². The van der Waals surface area contributed by atoms with Crippen molar-refractivity contribution in [3.63, 3.8) is 0 Å². The van der Waals surface area contributed by atoms with Crippen LogP contribution in [0.15, 0.2) is 54.6 Å². The highest BCUT2D eigenvalue weighted by Gasteiger charge is 2.18. The number of H-pyrrole nitrogens is 1. The number of nitrogens with one attached hydrogen (secondary N) is 2. The molecule has 0 unspecified atom stereocenters. The summed E-state index contributed by atoms with van der Waals surface area (Å²) in [6, 6.07) is 17.7. The number of amides is 1. The zero-order valence-corrected chi connectivity index (χ0v) is 15.3. The zero-order valence-electron chi connectivity index (χ0n) is 14.6. The summed E-state index contributed by atoms with van der Waals surface area (Å²) in [4.78, 5) is 16.7. The summed E-state index contributed by atoms with van der Waals surface area (Å²) in [5, 5.41) is 10.5. The van der Waals surface area contributed by atoms with E-state index in [1.54, 1.807) is 0 Å².